The molecule has 1 aliphatic rings. The summed E-state index contributed by atoms with van der Waals surface area (Å²) in [6.45, 7) is 1.63. The van der Waals surface area contributed by atoms with Crippen LogP contribution in [0.1, 0.15) is 35.6 Å². The molecular formula is C24H23F3N2O3. The van der Waals surface area contributed by atoms with Crippen LogP contribution < -0.4 is 5.32 Å². The summed E-state index contributed by atoms with van der Waals surface area (Å²) < 4.78 is 45.1. The number of nitrogens with one attached hydrogen (secondary N) is 1. The third kappa shape index (κ3) is 4.49. The molecule has 1 N–H and O–H groups in total. The normalized spacial score (nSPS) is 13.2. The van der Waals surface area contributed by atoms with Gasteiger partial charge in [0.25, 0.3) is 0 Å². The molecule has 168 valence electrons. The fraction of sp³-hybridized carbons (Fsp3) is 0.333. The van der Waals surface area contributed by atoms with E-state index in [1.807, 2.05) is 6.07 Å². The van der Waals surface area contributed by atoms with E-state index in [4.69, 9.17) is 4.42 Å². The van der Waals surface area contributed by atoms with Gasteiger partial charge >= 0.3 is 6.18 Å². The minimum Gasteiger partial charge on any atom is -0.464 e. The summed E-state index contributed by atoms with van der Waals surface area (Å²) in [5, 5.41) is 3.17. The van der Waals surface area contributed by atoms with Crippen molar-refractivity contribution in [1.82, 2.24) is 4.90 Å². The van der Waals surface area contributed by atoms with Gasteiger partial charge in [0.15, 0.2) is 0 Å². The van der Waals surface area contributed by atoms with Gasteiger partial charge in [-0.2, -0.15) is 13.2 Å². The summed E-state index contributed by atoms with van der Waals surface area (Å²) in [5.41, 5.74) is 2.75. The number of anilines is 1. The second-order valence-electron chi connectivity index (χ2n) is 7.91. The highest BCUT2D eigenvalue weighted by Gasteiger charge is 2.33. The van der Waals surface area contributed by atoms with Crippen molar-refractivity contribution in [2.45, 2.75) is 38.8 Å². The van der Waals surface area contributed by atoms with Gasteiger partial charge in [0.2, 0.25) is 11.8 Å². The highest BCUT2D eigenvalue weighted by molar-refractivity contribution is 5.96. The number of furan rings is 1. The van der Waals surface area contributed by atoms with E-state index in [1.165, 1.54) is 34.2 Å². The Morgan fingerprint density at radius 3 is 2.56 bits per heavy atom. The number of para-hydroxylation sites is 1. The molecule has 0 unspecified atom stereocenters. The Kier molecular flexibility index (Phi) is 5.95. The lowest BCUT2D eigenvalue weighted by Gasteiger charge is -2.21. The first-order valence-electron chi connectivity index (χ1n) is 10.5. The molecule has 0 bridgehead atoms. The molecule has 2 amide bonds. The Bertz CT molecular complexity index is 1170. The minimum absolute atomic E-state index is 0.0477. The van der Waals surface area contributed by atoms with E-state index in [2.05, 4.69) is 11.4 Å². The number of hydrogen-bond donors (Lipinski definition) is 1. The first-order chi connectivity index (χ1) is 15.3. The zero-order valence-corrected chi connectivity index (χ0v) is 17.6. The highest BCUT2D eigenvalue weighted by atomic mass is 19.4. The summed E-state index contributed by atoms with van der Waals surface area (Å²) in [4.78, 5) is 26.6. The Morgan fingerprint density at radius 2 is 1.84 bits per heavy atom. The van der Waals surface area contributed by atoms with Crippen LogP contribution in [0.25, 0.3) is 11.0 Å². The molecule has 32 heavy (non-hydrogen) atoms. The van der Waals surface area contributed by atoms with Crippen LogP contribution in [0.5, 0.6) is 0 Å². The third-order valence-electron chi connectivity index (χ3n) is 5.79. The molecule has 0 saturated carbocycles. The lowest BCUT2D eigenvalue weighted by molar-refractivity contribution is -0.137. The van der Waals surface area contributed by atoms with E-state index in [9.17, 15) is 22.8 Å². The average Bonchev–Trinajstić information content (AvgIpc) is 3.36. The molecule has 0 radical (unpaired) electrons. The van der Waals surface area contributed by atoms with E-state index in [0.29, 0.717) is 0 Å². The molecule has 3 aromatic rings. The number of nitrogens with zero attached hydrogens (tertiary/aromatic N) is 1. The monoisotopic (exact) mass is 444 g/mol. The van der Waals surface area contributed by atoms with E-state index < -0.39 is 17.6 Å². The molecule has 0 fully saturated rings. The quantitative estimate of drug-likeness (QED) is 0.584. The number of likely N-dealkylation sites (N-methyl/N-ethyl adjacent to an activating group) is 1. The molecule has 2 aromatic carbocycles. The van der Waals surface area contributed by atoms with Crippen molar-refractivity contribution >= 4 is 28.5 Å². The number of rotatable bonds is 6. The lowest BCUT2D eigenvalue weighted by atomic mass is 10.0. The van der Waals surface area contributed by atoms with Crippen LogP contribution in [0.2, 0.25) is 0 Å². The zero-order valence-electron chi connectivity index (χ0n) is 17.6. The van der Waals surface area contributed by atoms with Crippen molar-refractivity contribution in [2.75, 3.05) is 18.4 Å². The van der Waals surface area contributed by atoms with Crippen LogP contribution in [0.15, 0.2) is 47.1 Å². The maximum absolute atomic E-state index is 13.2. The summed E-state index contributed by atoms with van der Waals surface area (Å²) in [7, 11) is 0. The Balaban J connectivity index is 1.45. The first-order valence-corrected chi connectivity index (χ1v) is 10.5. The first kappa shape index (κ1) is 21.9. The fourth-order valence-corrected chi connectivity index (χ4v) is 4.14. The number of aryl methyl sites for hydroxylation is 2. The van der Waals surface area contributed by atoms with Crippen molar-refractivity contribution in [3.05, 3.63) is 64.9 Å². The summed E-state index contributed by atoms with van der Waals surface area (Å²) in [5.74, 6) is -0.985. The number of alkyl halides is 3. The molecule has 0 atom stereocenters. The van der Waals surface area contributed by atoms with Gasteiger partial charge in [-0.1, -0.05) is 12.1 Å². The second kappa shape index (κ2) is 8.68. The standard InChI is InChI=1S/C24H23F3N2O3/c1-2-29(13-22(30)28-20-9-4-3-8-19(20)24(25,26)27)23(31)12-17-14-32-21-11-16-7-5-6-15(16)10-18(17)21/h3-4,8-11,14H,2,5-7,12-13H2,1H3,(H,28,30). The molecule has 4 rings (SSSR count). The fourth-order valence-electron chi connectivity index (χ4n) is 4.14. The predicted molar refractivity (Wildman–Crippen MR) is 114 cm³/mol. The summed E-state index contributed by atoms with van der Waals surface area (Å²) in [6.07, 6.45) is 0.150. The van der Waals surface area contributed by atoms with Crippen LogP contribution in [0, 0.1) is 0 Å². The molecule has 0 saturated heterocycles. The number of carbonyl (C=O) groups is 2. The molecule has 1 aliphatic carbocycles. The summed E-state index contributed by atoms with van der Waals surface area (Å²) >= 11 is 0. The van der Waals surface area contributed by atoms with E-state index >= 15 is 0 Å². The number of halogens is 3. The van der Waals surface area contributed by atoms with Gasteiger partial charge in [-0.25, -0.2) is 0 Å². The van der Waals surface area contributed by atoms with Crippen molar-refractivity contribution in [1.29, 1.82) is 0 Å². The van der Waals surface area contributed by atoms with E-state index in [-0.39, 0.29) is 31.1 Å². The van der Waals surface area contributed by atoms with E-state index in [0.717, 1.165) is 41.9 Å². The van der Waals surface area contributed by atoms with Crippen LogP contribution >= 0.6 is 0 Å². The van der Waals surface area contributed by atoms with Gasteiger partial charge in [0.05, 0.1) is 30.5 Å². The molecule has 0 spiro atoms. The van der Waals surface area contributed by atoms with Gasteiger partial charge < -0.3 is 14.6 Å². The number of amides is 2. The Morgan fingerprint density at radius 1 is 1.12 bits per heavy atom. The number of benzene rings is 2. The number of fused-ring (bicyclic) bond motifs is 2. The van der Waals surface area contributed by atoms with Crippen molar-refractivity contribution in [3.8, 4) is 0 Å². The van der Waals surface area contributed by atoms with Crippen LogP contribution in [0.4, 0.5) is 18.9 Å². The molecule has 0 aliphatic heterocycles. The van der Waals surface area contributed by atoms with Crippen LogP contribution in [-0.2, 0) is 35.0 Å². The molecule has 1 aromatic heterocycles. The van der Waals surface area contributed by atoms with Crippen molar-refractivity contribution < 1.29 is 27.2 Å². The lowest BCUT2D eigenvalue weighted by Crippen LogP contribution is -2.38. The molecule has 1 heterocycles. The zero-order chi connectivity index (χ0) is 22.9. The van der Waals surface area contributed by atoms with Crippen LogP contribution in [-0.4, -0.2) is 29.8 Å². The smallest absolute Gasteiger partial charge is 0.418 e. The van der Waals surface area contributed by atoms with Crippen molar-refractivity contribution in [2.24, 2.45) is 0 Å². The van der Waals surface area contributed by atoms with Crippen LogP contribution in [0.3, 0.4) is 0 Å². The van der Waals surface area contributed by atoms with Crippen molar-refractivity contribution in [3.63, 3.8) is 0 Å². The molecule has 5 nitrogen and oxygen atoms in total. The third-order valence-corrected chi connectivity index (χ3v) is 5.79. The maximum atomic E-state index is 13.2. The number of hydrogen-bond acceptors (Lipinski definition) is 3. The predicted octanol–water partition coefficient (Wildman–Crippen LogP) is 4.97. The Hall–Kier alpha value is -3.29. The van der Waals surface area contributed by atoms with Gasteiger partial charge in [0, 0.05) is 17.5 Å². The van der Waals surface area contributed by atoms with Gasteiger partial charge in [-0.15, -0.1) is 0 Å². The average molecular weight is 444 g/mol. The molecular weight excluding hydrogens is 421 g/mol. The highest BCUT2D eigenvalue weighted by Crippen LogP contribution is 2.34. The minimum atomic E-state index is -4.59. The maximum Gasteiger partial charge on any atom is 0.418 e. The second-order valence-corrected chi connectivity index (χ2v) is 7.91. The molecule has 8 heteroatoms. The largest absolute Gasteiger partial charge is 0.464 e. The van der Waals surface area contributed by atoms with E-state index in [1.54, 1.807) is 13.2 Å². The van der Waals surface area contributed by atoms with Gasteiger partial charge in [0.1, 0.15) is 5.58 Å². The van der Waals surface area contributed by atoms with Gasteiger partial charge in [-0.05, 0) is 61.6 Å². The topological polar surface area (TPSA) is 62.6 Å². The van der Waals surface area contributed by atoms with Gasteiger partial charge in [-0.3, -0.25) is 9.59 Å². The number of carbonyl (C=O) groups excluding carboxylic acids is 2. The SMILES string of the molecule is CCN(CC(=O)Nc1ccccc1C(F)(F)F)C(=O)Cc1coc2cc3c(cc12)CCC3. The Labute approximate surface area is 183 Å². The summed E-state index contributed by atoms with van der Waals surface area (Å²) in [6, 6.07) is 8.85.